The van der Waals surface area contributed by atoms with E-state index in [2.05, 4.69) is 17.7 Å². The van der Waals surface area contributed by atoms with Crippen LogP contribution in [0.25, 0.3) is 0 Å². The van der Waals surface area contributed by atoms with Crippen LogP contribution < -0.4 is 16.2 Å². The number of nitrogens with one attached hydrogen (secondary N) is 3. The van der Waals surface area contributed by atoms with Crippen molar-refractivity contribution in [2.24, 2.45) is 0 Å². The van der Waals surface area contributed by atoms with E-state index in [1.807, 2.05) is 29.7 Å². The van der Waals surface area contributed by atoms with Gasteiger partial charge in [-0.3, -0.25) is 15.6 Å². The Morgan fingerprint density at radius 1 is 1.20 bits per heavy atom. The molecule has 0 aliphatic carbocycles. The molecule has 1 rings (SSSR count). The number of benzene rings is 1. The lowest BCUT2D eigenvalue weighted by Crippen LogP contribution is -2.50. The highest BCUT2D eigenvalue weighted by Gasteiger charge is 2.51. The average Bonchev–Trinajstić information content (AvgIpc) is 2.51. The molecule has 25 heavy (non-hydrogen) atoms. The summed E-state index contributed by atoms with van der Waals surface area (Å²) in [4.78, 5) is 11.5. The number of halogens is 3. The number of rotatable bonds is 6. The number of unbranched alkanes of at least 4 members (excludes halogenated alkanes) is 1. The van der Waals surface area contributed by atoms with Gasteiger partial charge in [0.2, 0.25) is 5.91 Å². The van der Waals surface area contributed by atoms with Gasteiger partial charge in [-0.05, 0) is 49.7 Å². The van der Waals surface area contributed by atoms with Crippen LogP contribution in [0.1, 0.15) is 38.7 Å². The molecule has 1 amide bonds. The highest BCUT2D eigenvalue weighted by atomic mass is 32.1. The Balaban J connectivity index is 2.43. The zero-order valence-electron chi connectivity index (χ0n) is 14.0. The van der Waals surface area contributed by atoms with Gasteiger partial charge in [-0.25, -0.2) is 0 Å². The fraction of sp³-hybridized carbons (Fsp3) is 0.500. The summed E-state index contributed by atoms with van der Waals surface area (Å²) in [5.41, 5.74) is 3.07. The molecule has 0 bridgehead atoms. The zero-order chi connectivity index (χ0) is 19.1. The third-order valence-corrected chi connectivity index (χ3v) is 3.67. The molecule has 140 valence electrons. The predicted octanol–water partition coefficient (Wildman–Crippen LogP) is 3.05. The van der Waals surface area contributed by atoms with Crippen molar-refractivity contribution >= 4 is 28.9 Å². The van der Waals surface area contributed by atoms with E-state index in [4.69, 9.17) is 12.2 Å². The summed E-state index contributed by atoms with van der Waals surface area (Å²) in [7, 11) is 0. The number of amides is 1. The summed E-state index contributed by atoms with van der Waals surface area (Å²) < 4.78 is 37.5. The van der Waals surface area contributed by atoms with E-state index in [-0.39, 0.29) is 5.11 Å². The molecule has 0 saturated heterocycles. The van der Waals surface area contributed by atoms with E-state index < -0.39 is 24.1 Å². The molecule has 0 aromatic heterocycles. The normalized spacial score (nSPS) is 13.7. The summed E-state index contributed by atoms with van der Waals surface area (Å²) in [6, 6.07) is 7.52. The van der Waals surface area contributed by atoms with Gasteiger partial charge in [0, 0.05) is 5.69 Å². The number of hydrogen-bond acceptors (Lipinski definition) is 3. The molecular weight excluding hydrogens is 355 g/mol. The fourth-order valence-electron chi connectivity index (χ4n) is 1.88. The van der Waals surface area contributed by atoms with Crippen LogP contribution in [0.15, 0.2) is 24.3 Å². The molecule has 0 aliphatic heterocycles. The number of hydrazine groups is 1. The molecule has 0 radical (unpaired) electrons. The minimum absolute atomic E-state index is 0.0151. The van der Waals surface area contributed by atoms with E-state index in [1.165, 1.54) is 5.56 Å². The van der Waals surface area contributed by atoms with Gasteiger partial charge in [0.05, 0.1) is 6.42 Å². The number of carbonyl (C=O) groups excluding carboxylic acids is 1. The van der Waals surface area contributed by atoms with Crippen molar-refractivity contribution in [1.29, 1.82) is 0 Å². The monoisotopic (exact) mass is 377 g/mol. The van der Waals surface area contributed by atoms with Crippen LogP contribution >= 0.6 is 12.2 Å². The first-order chi connectivity index (χ1) is 11.5. The molecule has 0 saturated carbocycles. The quantitative estimate of drug-likeness (QED) is 0.453. The van der Waals surface area contributed by atoms with Crippen LogP contribution in [0.4, 0.5) is 18.9 Å². The second-order valence-corrected chi connectivity index (χ2v) is 6.28. The lowest BCUT2D eigenvalue weighted by atomic mass is 10.0. The van der Waals surface area contributed by atoms with Crippen LogP contribution in [-0.2, 0) is 11.2 Å². The minimum Gasteiger partial charge on any atom is -0.380 e. The average molecular weight is 377 g/mol. The van der Waals surface area contributed by atoms with Gasteiger partial charge < -0.3 is 10.4 Å². The maximum Gasteiger partial charge on any atom is 0.417 e. The van der Waals surface area contributed by atoms with E-state index >= 15 is 0 Å². The van der Waals surface area contributed by atoms with E-state index in [0.29, 0.717) is 12.6 Å². The molecule has 1 aromatic carbocycles. The molecule has 0 spiro atoms. The molecule has 0 unspecified atom stereocenters. The van der Waals surface area contributed by atoms with Crippen molar-refractivity contribution in [2.75, 3.05) is 5.32 Å². The number of anilines is 1. The standard InChI is InChI=1S/C16H22F3N3O2S/c1-3-4-5-11-6-8-12(9-7-11)20-14(25)22-21-13(23)10-15(2,24)16(17,18)19/h6-9,24H,3-5,10H2,1-2H3,(H,21,23)(H2,20,22,25)/t15-/m0/s1. The number of aryl methyl sites for hydroxylation is 1. The van der Waals surface area contributed by atoms with Gasteiger partial charge in [-0.15, -0.1) is 0 Å². The fourth-order valence-corrected chi connectivity index (χ4v) is 2.05. The second-order valence-electron chi connectivity index (χ2n) is 5.88. The van der Waals surface area contributed by atoms with Crippen molar-refractivity contribution in [1.82, 2.24) is 10.9 Å². The number of aliphatic hydroxyl groups is 1. The molecule has 5 nitrogen and oxygen atoms in total. The first-order valence-corrected chi connectivity index (χ1v) is 8.20. The maximum atomic E-state index is 12.5. The van der Waals surface area contributed by atoms with Gasteiger partial charge in [-0.1, -0.05) is 25.5 Å². The van der Waals surface area contributed by atoms with Crippen molar-refractivity contribution in [3.05, 3.63) is 29.8 Å². The van der Waals surface area contributed by atoms with Crippen LogP contribution in [0, 0.1) is 0 Å². The summed E-state index contributed by atoms with van der Waals surface area (Å²) in [5.74, 6) is -1.04. The second kappa shape index (κ2) is 9.00. The molecule has 4 N–H and O–H groups in total. The lowest BCUT2D eigenvalue weighted by molar-refractivity contribution is -0.253. The Morgan fingerprint density at radius 3 is 2.32 bits per heavy atom. The Bertz CT molecular complexity index is 589. The topological polar surface area (TPSA) is 73.4 Å². The maximum absolute atomic E-state index is 12.5. The molecule has 9 heteroatoms. The van der Waals surface area contributed by atoms with Gasteiger partial charge in [-0.2, -0.15) is 13.2 Å². The third-order valence-electron chi connectivity index (χ3n) is 3.46. The molecule has 0 aliphatic rings. The predicted molar refractivity (Wildman–Crippen MR) is 93.8 cm³/mol. The van der Waals surface area contributed by atoms with Crippen molar-refractivity contribution in [3.63, 3.8) is 0 Å². The van der Waals surface area contributed by atoms with Gasteiger partial charge in [0.15, 0.2) is 10.7 Å². The summed E-state index contributed by atoms with van der Waals surface area (Å²) >= 11 is 4.95. The number of thiocarbonyl (C=S) groups is 1. The van der Waals surface area contributed by atoms with E-state index in [1.54, 1.807) is 0 Å². The number of hydrogen-bond donors (Lipinski definition) is 4. The summed E-state index contributed by atoms with van der Waals surface area (Å²) in [5, 5.41) is 12.1. The molecule has 0 fully saturated rings. The zero-order valence-corrected chi connectivity index (χ0v) is 14.9. The van der Waals surface area contributed by atoms with E-state index in [9.17, 15) is 23.1 Å². The summed E-state index contributed by atoms with van der Waals surface area (Å²) in [6.07, 6.45) is -2.86. The van der Waals surface area contributed by atoms with Gasteiger partial charge in [0.25, 0.3) is 0 Å². The Morgan fingerprint density at radius 2 is 1.80 bits per heavy atom. The minimum atomic E-state index is -4.90. The van der Waals surface area contributed by atoms with Crippen molar-refractivity contribution in [2.45, 2.75) is 51.3 Å². The largest absolute Gasteiger partial charge is 0.417 e. The van der Waals surface area contributed by atoms with Crippen LogP contribution in [0.3, 0.4) is 0 Å². The highest BCUT2D eigenvalue weighted by molar-refractivity contribution is 7.80. The van der Waals surface area contributed by atoms with Crippen molar-refractivity contribution in [3.8, 4) is 0 Å². The third kappa shape index (κ3) is 7.27. The first-order valence-electron chi connectivity index (χ1n) is 7.79. The Hall–Kier alpha value is -1.87. The SMILES string of the molecule is CCCCc1ccc(NC(=S)NNC(=O)C[C@](C)(O)C(F)(F)F)cc1. The molecule has 1 atom stereocenters. The first kappa shape index (κ1) is 21.2. The molecular formula is C16H22F3N3O2S. The lowest BCUT2D eigenvalue weighted by Gasteiger charge is -2.25. The molecule has 1 aromatic rings. The number of alkyl halides is 3. The number of carbonyl (C=O) groups is 1. The summed E-state index contributed by atoms with van der Waals surface area (Å²) in [6.45, 7) is 2.64. The van der Waals surface area contributed by atoms with E-state index in [0.717, 1.165) is 19.3 Å². The van der Waals surface area contributed by atoms with Gasteiger partial charge in [0.1, 0.15) is 0 Å². The molecule has 0 heterocycles. The van der Waals surface area contributed by atoms with Crippen molar-refractivity contribution < 1.29 is 23.1 Å². The highest BCUT2D eigenvalue weighted by Crippen LogP contribution is 2.32. The Labute approximate surface area is 150 Å². The Kier molecular flexibility index (Phi) is 7.62. The smallest absolute Gasteiger partial charge is 0.380 e. The van der Waals surface area contributed by atoms with Crippen LogP contribution in [0.2, 0.25) is 0 Å². The van der Waals surface area contributed by atoms with Gasteiger partial charge >= 0.3 is 6.18 Å². The van der Waals surface area contributed by atoms with Crippen LogP contribution in [-0.4, -0.2) is 27.9 Å². The van der Waals surface area contributed by atoms with Crippen LogP contribution in [0.5, 0.6) is 0 Å².